The van der Waals surface area contributed by atoms with E-state index in [1.807, 2.05) is 42.5 Å². The van der Waals surface area contributed by atoms with Crippen LogP contribution >= 0.6 is 0 Å². The number of ether oxygens (including phenoxy) is 1. The van der Waals surface area contributed by atoms with Crippen LogP contribution in [-0.4, -0.2) is 18.3 Å². The van der Waals surface area contributed by atoms with Crippen molar-refractivity contribution in [3.63, 3.8) is 0 Å². The Morgan fingerprint density at radius 2 is 1.87 bits per heavy atom. The van der Waals surface area contributed by atoms with Crippen LogP contribution in [0.1, 0.15) is 12.5 Å². The first-order chi connectivity index (χ1) is 7.22. The summed E-state index contributed by atoms with van der Waals surface area (Å²) in [4.78, 5) is 0. The number of aliphatic hydroxyl groups excluding tert-OH is 1. The van der Waals surface area contributed by atoms with Crippen LogP contribution < -0.4 is 4.74 Å². The van der Waals surface area contributed by atoms with Crippen molar-refractivity contribution in [1.82, 2.24) is 0 Å². The van der Waals surface area contributed by atoms with E-state index < -0.39 is 6.10 Å². The SMILES string of the molecule is COc1ccc(/C=C/C=C\[C@H](C)O)cc1. The van der Waals surface area contributed by atoms with Crippen LogP contribution in [0, 0.1) is 0 Å². The predicted octanol–water partition coefficient (Wildman–Crippen LogP) is 2.65. The van der Waals surface area contributed by atoms with Gasteiger partial charge in [0.2, 0.25) is 0 Å². The van der Waals surface area contributed by atoms with E-state index in [1.165, 1.54) is 0 Å². The van der Waals surface area contributed by atoms with Gasteiger partial charge in [-0.1, -0.05) is 36.4 Å². The van der Waals surface area contributed by atoms with Crippen molar-refractivity contribution < 1.29 is 9.84 Å². The maximum atomic E-state index is 8.98. The Labute approximate surface area is 90.5 Å². The number of benzene rings is 1. The van der Waals surface area contributed by atoms with E-state index in [1.54, 1.807) is 20.1 Å². The second kappa shape index (κ2) is 6.04. The Morgan fingerprint density at radius 3 is 2.40 bits per heavy atom. The van der Waals surface area contributed by atoms with Crippen LogP contribution in [0.3, 0.4) is 0 Å². The molecule has 0 fully saturated rings. The molecule has 0 aliphatic heterocycles. The lowest BCUT2D eigenvalue weighted by Gasteiger charge is -1.98. The van der Waals surface area contributed by atoms with Gasteiger partial charge in [-0.25, -0.2) is 0 Å². The van der Waals surface area contributed by atoms with Crippen LogP contribution in [0.5, 0.6) is 5.75 Å². The fourth-order valence-electron chi connectivity index (χ4n) is 1.11. The van der Waals surface area contributed by atoms with E-state index in [4.69, 9.17) is 9.84 Å². The summed E-state index contributed by atoms with van der Waals surface area (Å²) in [6, 6.07) is 7.78. The van der Waals surface area contributed by atoms with Crippen molar-refractivity contribution in [3.8, 4) is 5.75 Å². The molecule has 0 aromatic heterocycles. The van der Waals surface area contributed by atoms with Crippen LogP contribution in [0.4, 0.5) is 0 Å². The average molecular weight is 204 g/mol. The van der Waals surface area contributed by atoms with E-state index >= 15 is 0 Å². The molecule has 15 heavy (non-hydrogen) atoms. The van der Waals surface area contributed by atoms with Crippen molar-refractivity contribution in [1.29, 1.82) is 0 Å². The Balaban J connectivity index is 2.57. The fraction of sp³-hybridized carbons (Fsp3) is 0.231. The summed E-state index contributed by atoms with van der Waals surface area (Å²) in [6.07, 6.45) is 7.02. The molecular weight excluding hydrogens is 188 g/mol. The van der Waals surface area contributed by atoms with Gasteiger partial charge in [-0.15, -0.1) is 0 Å². The van der Waals surface area contributed by atoms with Crippen molar-refractivity contribution in [2.45, 2.75) is 13.0 Å². The van der Waals surface area contributed by atoms with Gasteiger partial charge >= 0.3 is 0 Å². The predicted molar refractivity (Wildman–Crippen MR) is 62.8 cm³/mol. The van der Waals surface area contributed by atoms with Gasteiger partial charge in [-0.05, 0) is 24.6 Å². The number of allylic oxidation sites excluding steroid dienone is 2. The molecule has 0 spiro atoms. The molecule has 1 aromatic carbocycles. The molecule has 0 unspecified atom stereocenters. The van der Waals surface area contributed by atoms with Gasteiger partial charge < -0.3 is 9.84 Å². The van der Waals surface area contributed by atoms with Crippen LogP contribution in [0.15, 0.2) is 42.5 Å². The van der Waals surface area contributed by atoms with E-state index in [0.717, 1.165) is 11.3 Å². The topological polar surface area (TPSA) is 29.5 Å². The Morgan fingerprint density at radius 1 is 1.20 bits per heavy atom. The zero-order valence-electron chi connectivity index (χ0n) is 9.05. The molecule has 0 amide bonds. The average Bonchev–Trinajstić information content (AvgIpc) is 2.25. The summed E-state index contributed by atoms with van der Waals surface area (Å²) < 4.78 is 5.06. The van der Waals surface area contributed by atoms with Gasteiger partial charge in [-0.2, -0.15) is 0 Å². The second-order valence-electron chi connectivity index (χ2n) is 3.26. The number of aliphatic hydroxyl groups is 1. The summed E-state index contributed by atoms with van der Waals surface area (Å²) in [7, 11) is 1.65. The number of hydrogen-bond acceptors (Lipinski definition) is 2. The lowest BCUT2D eigenvalue weighted by molar-refractivity contribution is 0.244. The van der Waals surface area contributed by atoms with Crippen molar-refractivity contribution >= 4 is 6.08 Å². The molecule has 1 N–H and O–H groups in total. The molecule has 0 aliphatic rings. The lowest BCUT2D eigenvalue weighted by atomic mass is 10.2. The van der Waals surface area contributed by atoms with Crippen LogP contribution in [-0.2, 0) is 0 Å². The summed E-state index contributed by atoms with van der Waals surface area (Å²) in [5, 5.41) is 8.98. The summed E-state index contributed by atoms with van der Waals surface area (Å²) in [5.41, 5.74) is 1.10. The third-order valence-electron chi connectivity index (χ3n) is 1.91. The Bertz CT molecular complexity index is 334. The highest BCUT2D eigenvalue weighted by Gasteiger charge is 1.88. The monoisotopic (exact) mass is 204 g/mol. The van der Waals surface area contributed by atoms with Gasteiger partial charge in [0.05, 0.1) is 13.2 Å². The first-order valence-corrected chi connectivity index (χ1v) is 4.89. The maximum Gasteiger partial charge on any atom is 0.118 e. The van der Waals surface area contributed by atoms with E-state index in [2.05, 4.69) is 0 Å². The molecular formula is C13H16O2. The molecule has 2 nitrogen and oxygen atoms in total. The third-order valence-corrected chi connectivity index (χ3v) is 1.91. The summed E-state index contributed by atoms with van der Waals surface area (Å²) in [6.45, 7) is 1.72. The summed E-state index contributed by atoms with van der Waals surface area (Å²) >= 11 is 0. The molecule has 0 saturated carbocycles. The number of hydrogen-bond donors (Lipinski definition) is 1. The zero-order chi connectivity index (χ0) is 11.1. The summed E-state index contributed by atoms with van der Waals surface area (Å²) in [5.74, 6) is 0.853. The van der Waals surface area contributed by atoms with Gasteiger partial charge in [0.15, 0.2) is 0 Å². The smallest absolute Gasteiger partial charge is 0.118 e. The minimum absolute atomic E-state index is 0.398. The minimum Gasteiger partial charge on any atom is -0.497 e. The lowest BCUT2D eigenvalue weighted by Crippen LogP contribution is -1.90. The molecule has 0 aliphatic carbocycles. The van der Waals surface area contributed by atoms with Gasteiger partial charge in [0.1, 0.15) is 5.75 Å². The first kappa shape index (κ1) is 11.5. The number of methoxy groups -OCH3 is 1. The molecule has 0 bridgehead atoms. The van der Waals surface area contributed by atoms with E-state index in [0.29, 0.717) is 0 Å². The normalized spacial score (nSPS) is 13.5. The number of rotatable bonds is 4. The zero-order valence-corrected chi connectivity index (χ0v) is 9.05. The Hall–Kier alpha value is -1.54. The molecule has 0 radical (unpaired) electrons. The largest absolute Gasteiger partial charge is 0.497 e. The standard InChI is InChI=1S/C13H16O2/c1-11(14)5-3-4-6-12-7-9-13(15-2)10-8-12/h3-11,14H,1-2H3/b5-3-,6-4+/t11-/m0/s1. The highest BCUT2D eigenvalue weighted by molar-refractivity contribution is 5.52. The molecule has 0 saturated heterocycles. The van der Waals surface area contributed by atoms with Crippen molar-refractivity contribution in [2.75, 3.05) is 7.11 Å². The maximum absolute atomic E-state index is 8.98. The van der Waals surface area contributed by atoms with E-state index in [9.17, 15) is 0 Å². The molecule has 1 atom stereocenters. The quantitative estimate of drug-likeness (QED) is 0.764. The minimum atomic E-state index is -0.398. The first-order valence-electron chi connectivity index (χ1n) is 4.89. The van der Waals surface area contributed by atoms with Crippen molar-refractivity contribution in [2.24, 2.45) is 0 Å². The van der Waals surface area contributed by atoms with Gasteiger partial charge in [-0.3, -0.25) is 0 Å². The molecule has 80 valence electrons. The highest BCUT2D eigenvalue weighted by atomic mass is 16.5. The van der Waals surface area contributed by atoms with Gasteiger partial charge in [0.25, 0.3) is 0 Å². The van der Waals surface area contributed by atoms with Gasteiger partial charge in [0, 0.05) is 0 Å². The highest BCUT2D eigenvalue weighted by Crippen LogP contribution is 2.12. The molecule has 1 rings (SSSR count). The fourth-order valence-corrected chi connectivity index (χ4v) is 1.11. The Kier molecular flexibility index (Phi) is 4.64. The van der Waals surface area contributed by atoms with Crippen LogP contribution in [0.2, 0.25) is 0 Å². The molecule has 2 heteroatoms. The molecule has 1 aromatic rings. The molecule has 0 heterocycles. The van der Waals surface area contributed by atoms with E-state index in [-0.39, 0.29) is 0 Å². The van der Waals surface area contributed by atoms with Crippen LogP contribution in [0.25, 0.3) is 6.08 Å². The van der Waals surface area contributed by atoms with Crippen molar-refractivity contribution in [3.05, 3.63) is 48.1 Å². The third kappa shape index (κ3) is 4.47. The second-order valence-corrected chi connectivity index (χ2v) is 3.26.